The van der Waals surface area contributed by atoms with Crippen molar-refractivity contribution in [3.05, 3.63) is 259 Å². The highest BCUT2D eigenvalue weighted by Crippen LogP contribution is 2.59. The van der Waals surface area contributed by atoms with E-state index in [9.17, 15) is 0 Å². The molecule has 0 radical (unpaired) electrons. The minimum absolute atomic E-state index is 0.532. The Bertz CT molecular complexity index is 3690. The summed E-state index contributed by atoms with van der Waals surface area (Å²) in [5.41, 5.74) is 18.2. The molecule has 3 nitrogen and oxygen atoms in total. The number of rotatable bonds is 7. The Morgan fingerprint density at radius 1 is 0.328 bits per heavy atom. The molecule has 3 heteroatoms. The van der Waals surface area contributed by atoms with Gasteiger partial charge < -0.3 is 13.7 Å². The van der Waals surface area contributed by atoms with Crippen LogP contribution in [0.3, 0.4) is 0 Å². The number of nitrogens with zero attached hydrogens (tertiary/aromatic N) is 1. The van der Waals surface area contributed by atoms with E-state index in [1.165, 1.54) is 33.4 Å². The zero-order valence-corrected chi connectivity index (χ0v) is 34.8. The lowest BCUT2D eigenvalue weighted by molar-refractivity contribution is 0.669. The molecule has 12 aromatic rings. The van der Waals surface area contributed by atoms with E-state index < -0.39 is 5.41 Å². The topological polar surface area (TPSA) is 29.5 Å². The molecule has 0 amide bonds. The van der Waals surface area contributed by atoms with Crippen molar-refractivity contribution in [2.24, 2.45) is 0 Å². The summed E-state index contributed by atoms with van der Waals surface area (Å²) in [6.45, 7) is 0. The van der Waals surface area contributed by atoms with Crippen molar-refractivity contribution < 1.29 is 8.83 Å². The molecular formula is C61H39NO2. The Kier molecular flexibility index (Phi) is 8.13. The van der Waals surface area contributed by atoms with Crippen LogP contribution in [0.15, 0.2) is 245 Å². The third-order valence-electron chi connectivity index (χ3n) is 13.4. The van der Waals surface area contributed by atoms with Crippen LogP contribution in [0.1, 0.15) is 22.3 Å². The molecular weight excluding hydrogens is 779 g/mol. The summed E-state index contributed by atoms with van der Waals surface area (Å²) in [5.74, 6) is 0. The van der Waals surface area contributed by atoms with Crippen LogP contribution in [-0.4, -0.2) is 0 Å². The molecule has 0 unspecified atom stereocenters. The van der Waals surface area contributed by atoms with Gasteiger partial charge >= 0.3 is 0 Å². The number of para-hydroxylation sites is 3. The lowest BCUT2D eigenvalue weighted by Crippen LogP contribution is -2.28. The lowest BCUT2D eigenvalue weighted by Gasteiger charge is -2.34. The smallest absolute Gasteiger partial charge is 0.143 e. The van der Waals surface area contributed by atoms with Crippen molar-refractivity contribution in [3.63, 3.8) is 0 Å². The number of anilines is 3. The van der Waals surface area contributed by atoms with E-state index in [0.29, 0.717) is 0 Å². The van der Waals surface area contributed by atoms with Gasteiger partial charge in [-0.1, -0.05) is 182 Å². The molecule has 1 aliphatic carbocycles. The highest BCUT2D eigenvalue weighted by atomic mass is 16.3. The fourth-order valence-electron chi connectivity index (χ4n) is 10.6. The Hall–Kier alpha value is -8.40. The second-order valence-corrected chi connectivity index (χ2v) is 16.7. The third-order valence-corrected chi connectivity index (χ3v) is 13.4. The molecule has 0 bridgehead atoms. The Morgan fingerprint density at radius 3 is 1.67 bits per heavy atom. The molecule has 1 aliphatic rings. The van der Waals surface area contributed by atoms with Gasteiger partial charge in [0.05, 0.1) is 11.1 Å². The molecule has 0 aliphatic heterocycles. The van der Waals surface area contributed by atoms with Crippen LogP contribution in [-0.2, 0) is 5.41 Å². The maximum absolute atomic E-state index is 6.51. The van der Waals surface area contributed by atoms with Crippen molar-refractivity contribution in [2.75, 3.05) is 4.90 Å². The van der Waals surface area contributed by atoms with Crippen LogP contribution >= 0.6 is 0 Å². The normalized spacial score (nSPS) is 12.8. The zero-order valence-electron chi connectivity index (χ0n) is 34.8. The standard InChI is InChI=1S/C61H39NO2/c1-3-17-43(18-4-1)61(44-19-5-2-6-20-44)53-27-10-7-24-51(53)59-54(61)28-15-29-55(59)62(45-35-32-40(33-36-45)47-25-14-26-50-48-22-8-12-31-57(48)64-60(47)50)46-21-13-16-41(38-46)42-34-37-58-52(39-42)49-23-9-11-30-56(49)63-58/h1-39H. The first-order valence-corrected chi connectivity index (χ1v) is 21.9. The molecule has 2 heterocycles. The molecule has 300 valence electrons. The molecule has 2 aromatic heterocycles. The van der Waals surface area contributed by atoms with Gasteiger partial charge in [0.15, 0.2) is 0 Å². The van der Waals surface area contributed by atoms with Gasteiger partial charge in [0.1, 0.15) is 22.3 Å². The quantitative estimate of drug-likeness (QED) is 0.160. The first kappa shape index (κ1) is 36.3. The molecule has 0 spiro atoms. The van der Waals surface area contributed by atoms with E-state index in [2.05, 4.69) is 217 Å². The van der Waals surface area contributed by atoms with Gasteiger partial charge in [0.2, 0.25) is 0 Å². The summed E-state index contributed by atoms with van der Waals surface area (Å²) in [5, 5.41) is 4.48. The summed E-state index contributed by atoms with van der Waals surface area (Å²) in [7, 11) is 0. The molecule has 0 fully saturated rings. The van der Waals surface area contributed by atoms with E-state index in [1.54, 1.807) is 0 Å². The molecule has 13 rings (SSSR count). The van der Waals surface area contributed by atoms with Crippen LogP contribution in [0.2, 0.25) is 0 Å². The molecule has 0 atom stereocenters. The minimum atomic E-state index is -0.532. The zero-order chi connectivity index (χ0) is 42.2. The predicted molar refractivity (Wildman–Crippen MR) is 264 cm³/mol. The summed E-state index contributed by atoms with van der Waals surface area (Å²) in [6.07, 6.45) is 0. The van der Waals surface area contributed by atoms with Crippen LogP contribution in [0.25, 0.3) is 77.3 Å². The highest BCUT2D eigenvalue weighted by Gasteiger charge is 2.47. The van der Waals surface area contributed by atoms with E-state index >= 15 is 0 Å². The van der Waals surface area contributed by atoms with E-state index in [4.69, 9.17) is 8.83 Å². The largest absolute Gasteiger partial charge is 0.456 e. The Labute approximate surface area is 370 Å². The highest BCUT2D eigenvalue weighted by molar-refractivity contribution is 6.10. The van der Waals surface area contributed by atoms with Gasteiger partial charge in [-0.2, -0.15) is 0 Å². The maximum Gasteiger partial charge on any atom is 0.143 e. The fourth-order valence-corrected chi connectivity index (χ4v) is 10.6. The number of hydrogen-bond acceptors (Lipinski definition) is 3. The van der Waals surface area contributed by atoms with Crippen molar-refractivity contribution in [2.45, 2.75) is 5.41 Å². The van der Waals surface area contributed by atoms with Gasteiger partial charge in [-0.05, 0) is 99.1 Å². The average Bonchev–Trinajstić information content (AvgIpc) is 4.04. The van der Waals surface area contributed by atoms with E-state index in [0.717, 1.165) is 83.2 Å². The SMILES string of the molecule is c1ccc(C2(c3ccccc3)c3ccccc3-c3c(N(c4ccc(-c5cccc6c5oc5ccccc56)cc4)c4cccc(-c5ccc6oc7ccccc7c6c5)c4)cccc32)cc1. The van der Waals surface area contributed by atoms with Gasteiger partial charge in [-0.3, -0.25) is 0 Å². The average molecular weight is 818 g/mol. The number of fused-ring (bicyclic) bond motifs is 9. The number of furan rings is 2. The predicted octanol–water partition coefficient (Wildman–Crippen LogP) is 16.7. The van der Waals surface area contributed by atoms with Gasteiger partial charge in [0, 0.05) is 44.0 Å². The fraction of sp³-hybridized carbons (Fsp3) is 0.0164. The summed E-state index contributed by atoms with van der Waals surface area (Å²) >= 11 is 0. The first-order valence-electron chi connectivity index (χ1n) is 21.9. The van der Waals surface area contributed by atoms with Gasteiger partial charge in [-0.25, -0.2) is 0 Å². The van der Waals surface area contributed by atoms with Crippen LogP contribution < -0.4 is 4.90 Å². The Morgan fingerprint density at radius 2 is 0.891 bits per heavy atom. The van der Waals surface area contributed by atoms with Crippen molar-refractivity contribution >= 4 is 60.9 Å². The first-order chi connectivity index (χ1) is 31.7. The van der Waals surface area contributed by atoms with Crippen LogP contribution in [0.5, 0.6) is 0 Å². The molecule has 0 saturated carbocycles. The maximum atomic E-state index is 6.51. The van der Waals surface area contributed by atoms with Crippen molar-refractivity contribution in [1.82, 2.24) is 0 Å². The summed E-state index contributed by atoms with van der Waals surface area (Å²) < 4.78 is 12.8. The minimum Gasteiger partial charge on any atom is -0.456 e. The second-order valence-electron chi connectivity index (χ2n) is 16.7. The molecule has 64 heavy (non-hydrogen) atoms. The summed E-state index contributed by atoms with van der Waals surface area (Å²) in [4.78, 5) is 2.45. The molecule has 0 saturated heterocycles. The van der Waals surface area contributed by atoms with Crippen LogP contribution in [0.4, 0.5) is 17.1 Å². The molecule has 0 N–H and O–H groups in total. The van der Waals surface area contributed by atoms with Crippen molar-refractivity contribution in [1.29, 1.82) is 0 Å². The van der Waals surface area contributed by atoms with Gasteiger partial charge in [0.25, 0.3) is 0 Å². The molecule has 10 aromatic carbocycles. The van der Waals surface area contributed by atoms with E-state index in [1.807, 2.05) is 24.3 Å². The van der Waals surface area contributed by atoms with E-state index in [-0.39, 0.29) is 0 Å². The number of benzene rings is 10. The summed E-state index contributed by atoms with van der Waals surface area (Å²) in [6, 6.07) is 85.4. The third kappa shape index (κ3) is 5.41. The lowest BCUT2D eigenvalue weighted by atomic mass is 9.68. The monoisotopic (exact) mass is 817 g/mol. The second kappa shape index (κ2) is 14.3. The van der Waals surface area contributed by atoms with Gasteiger partial charge in [-0.15, -0.1) is 0 Å². The Balaban J connectivity index is 1.03. The van der Waals surface area contributed by atoms with Crippen LogP contribution in [0, 0.1) is 0 Å². The number of hydrogen-bond donors (Lipinski definition) is 0. The van der Waals surface area contributed by atoms with Crippen molar-refractivity contribution in [3.8, 4) is 33.4 Å².